The molecule has 0 aliphatic carbocycles. The van der Waals surface area contributed by atoms with Crippen molar-refractivity contribution in [2.24, 2.45) is 21.7 Å². The lowest BCUT2D eigenvalue weighted by Gasteiger charge is -2.07. The summed E-state index contributed by atoms with van der Waals surface area (Å²) < 4.78 is 0. The van der Waals surface area contributed by atoms with Gasteiger partial charge in [-0.1, -0.05) is 11.6 Å². The topological polar surface area (TPSA) is 97.0 Å². The van der Waals surface area contributed by atoms with Gasteiger partial charge in [0.15, 0.2) is 0 Å². The first-order chi connectivity index (χ1) is 7.43. The van der Waals surface area contributed by atoms with Gasteiger partial charge in [-0.25, -0.2) is 0 Å². The summed E-state index contributed by atoms with van der Waals surface area (Å²) in [7, 11) is 0. The van der Waals surface area contributed by atoms with E-state index in [1.165, 1.54) is 6.21 Å². The van der Waals surface area contributed by atoms with Crippen LogP contribution in [0.1, 0.15) is 16.7 Å². The molecule has 1 aromatic carbocycles. The number of nitrogens with two attached hydrogens (primary N) is 2. The molecule has 0 fully saturated rings. The van der Waals surface area contributed by atoms with Gasteiger partial charge >= 0.3 is 0 Å². The van der Waals surface area contributed by atoms with Crippen LogP contribution in [0, 0.1) is 13.8 Å². The van der Waals surface area contributed by atoms with Crippen molar-refractivity contribution >= 4 is 23.8 Å². The summed E-state index contributed by atoms with van der Waals surface area (Å²) in [6, 6.07) is 1.56. The van der Waals surface area contributed by atoms with Crippen molar-refractivity contribution in [3.8, 4) is 5.75 Å². The van der Waals surface area contributed by atoms with Crippen molar-refractivity contribution in [1.29, 1.82) is 0 Å². The number of aromatic hydroxyl groups is 1. The minimum atomic E-state index is -0.147. The summed E-state index contributed by atoms with van der Waals surface area (Å²) in [5, 5.41) is 17.4. The third-order valence-corrected chi connectivity index (χ3v) is 2.65. The third-order valence-electron chi connectivity index (χ3n) is 2.07. The fraction of sp³-hybridized carbons (Fsp3) is 0.200. The van der Waals surface area contributed by atoms with E-state index in [9.17, 15) is 5.11 Å². The Bertz CT molecular complexity index is 464. The van der Waals surface area contributed by atoms with Gasteiger partial charge in [0, 0.05) is 10.6 Å². The maximum Gasteiger partial charge on any atom is 0.211 e. The number of rotatable bonds is 2. The number of guanidine groups is 1. The molecule has 5 N–H and O–H groups in total. The number of benzene rings is 1. The first kappa shape index (κ1) is 12.3. The van der Waals surface area contributed by atoms with Crippen LogP contribution in [-0.2, 0) is 0 Å². The Kier molecular flexibility index (Phi) is 3.73. The number of halogens is 1. The first-order valence-electron chi connectivity index (χ1n) is 4.54. The van der Waals surface area contributed by atoms with Gasteiger partial charge < -0.3 is 16.6 Å². The molecular weight excluding hydrogens is 228 g/mol. The van der Waals surface area contributed by atoms with E-state index >= 15 is 0 Å². The number of phenolic OH excluding ortho intramolecular Hbond substituents is 1. The highest BCUT2D eigenvalue weighted by atomic mass is 35.5. The molecule has 0 aliphatic heterocycles. The van der Waals surface area contributed by atoms with E-state index in [2.05, 4.69) is 10.2 Å². The predicted molar refractivity (Wildman–Crippen MR) is 66.0 cm³/mol. The minimum Gasteiger partial charge on any atom is -0.507 e. The standard InChI is InChI=1S/C10H13ClN4O/c1-5-3-8(16)7(6(2)9(5)11)4-14-15-10(12)13/h3-4,16H,1-2H3,(H4,12,13,15). The van der Waals surface area contributed by atoms with Gasteiger partial charge in [-0.2, -0.15) is 5.10 Å². The molecule has 0 atom stereocenters. The van der Waals surface area contributed by atoms with Crippen LogP contribution in [-0.4, -0.2) is 17.3 Å². The van der Waals surface area contributed by atoms with Crippen LogP contribution in [0.3, 0.4) is 0 Å². The summed E-state index contributed by atoms with van der Waals surface area (Å²) in [6.45, 7) is 3.60. The van der Waals surface area contributed by atoms with E-state index in [4.69, 9.17) is 23.1 Å². The van der Waals surface area contributed by atoms with Gasteiger partial charge in [-0.3, -0.25) is 0 Å². The van der Waals surface area contributed by atoms with Crippen LogP contribution in [0.4, 0.5) is 0 Å². The normalized spacial score (nSPS) is 10.7. The average molecular weight is 241 g/mol. The quantitative estimate of drug-likeness (QED) is 0.413. The summed E-state index contributed by atoms with van der Waals surface area (Å²) in [4.78, 5) is 0. The molecule has 0 bridgehead atoms. The summed E-state index contributed by atoms with van der Waals surface area (Å²) in [5.74, 6) is -0.0551. The van der Waals surface area contributed by atoms with E-state index in [-0.39, 0.29) is 11.7 Å². The van der Waals surface area contributed by atoms with Crippen molar-refractivity contribution in [1.82, 2.24) is 0 Å². The predicted octanol–water partition coefficient (Wildman–Crippen LogP) is 1.27. The second-order valence-electron chi connectivity index (χ2n) is 3.33. The average Bonchev–Trinajstić information content (AvgIpc) is 2.19. The monoisotopic (exact) mass is 240 g/mol. The number of nitrogens with zero attached hydrogens (tertiary/aromatic N) is 2. The molecule has 0 amide bonds. The van der Waals surface area contributed by atoms with E-state index < -0.39 is 0 Å². The summed E-state index contributed by atoms with van der Waals surface area (Å²) in [5.41, 5.74) is 12.3. The van der Waals surface area contributed by atoms with Crippen molar-refractivity contribution in [3.63, 3.8) is 0 Å². The molecule has 0 aliphatic rings. The van der Waals surface area contributed by atoms with Crippen LogP contribution in [0.25, 0.3) is 0 Å². The molecule has 0 unspecified atom stereocenters. The lowest BCUT2D eigenvalue weighted by Crippen LogP contribution is -2.21. The van der Waals surface area contributed by atoms with E-state index in [1.807, 2.05) is 6.92 Å². The third kappa shape index (κ3) is 2.64. The van der Waals surface area contributed by atoms with Crippen LogP contribution in [0.2, 0.25) is 5.02 Å². The molecule has 0 saturated carbocycles. The molecule has 0 radical (unpaired) electrons. The Morgan fingerprint density at radius 2 is 2.06 bits per heavy atom. The zero-order valence-corrected chi connectivity index (χ0v) is 9.78. The molecule has 5 nitrogen and oxygen atoms in total. The van der Waals surface area contributed by atoms with E-state index in [0.717, 1.165) is 11.1 Å². The van der Waals surface area contributed by atoms with E-state index in [0.29, 0.717) is 10.6 Å². The maximum absolute atomic E-state index is 9.70. The largest absolute Gasteiger partial charge is 0.507 e. The molecule has 1 aromatic rings. The van der Waals surface area contributed by atoms with Crippen molar-refractivity contribution in [3.05, 3.63) is 27.8 Å². The zero-order chi connectivity index (χ0) is 12.3. The van der Waals surface area contributed by atoms with Crippen molar-refractivity contribution in [2.75, 3.05) is 0 Å². The second kappa shape index (κ2) is 4.85. The van der Waals surface area contributed by atoms with Gasteiger partial charge in [0.25, 0.3) is 0 Å². The Hall–Kier alpha value is -1.75. The van der Waals surface area contributed by atoms with Crippen LogP contribution < -0.4 is 11.5 Å². The molecule has 0 aromatic heterocycles. The Morgan fingerprint density at radius 3 is 2.62 bits per heavy atom. The SMILES string of the molecule is Cc1cc(O)c(C=NN=C(N)N)c(C)c1Cl. The van der Waals surface area contributed by atoms with Crippen molar-refractivity contribution < 1.29 is 5.11 Å². The highest BCUT2D eigenvalue weighted by Gasteiger charge is 2.09. The molecule has 0 spiro atoms. The number of hydrogen-bond acceptors (Lipinski definition) is 3. The lowest BCUT2D eigenvalue weighted by molar-refractivity contribution is 0.473. The number of phenols is 1. The van der Waals surface area contributed by atoms with Gasteiger partial charge in [0.05, 0.1) is 6.21 Å². The minimum absolute atomic E-state index is 0.0916. The van der Waals surface area contributed by atoms with Gasteiger partial charge in [0.1, 0.15) is 5.75 Å². The van der Waals surface area contributed by atoms with Crippen LogP contribution >= 0.6 is 11.6 Å². The molecule has 86 valence electrons. The highest BCUT2D eigenvalue weighted by Crippen LogP contribution is 2.29. The number of aryl methyl sites for hydroxylation is 1. The molecule has 1 rings (SSSR count). The Balaban J connectivity index is 3.20. The fourth-order valence-corrected chi connectivity index (χ4v) is 1.42. The van der Waals surface area contributed by atoms with Gasteiger partial charge in [-0.15, -0.1) is 5.10 Å². The lowest BCUT2D eigenvalue weighted by atomic mass is 10.1. The summed E-state index contributed by atoms with van der Waals surface area (Å²) in [6.07, 6.45) is 1.36. The fourth-order valence-electron chi connectivity index (χ4n) is 1.27. The van der Waals surface area contributed by atoms with Crippen molar-refractivity contribution in [2.45, 2.75) is 13.8 Å². The molecule has 0 heterocycles. The zero-order valence-electron chi connectivity index (χ0n) is 9.03. The molecular formula is C10H13ClN4O. The van der Waals surface area contributed by atoms with Gasteiger partial charge in [0.2, 0.25) is 5.96 Å². The maximum atomic E-state index is 9.70. The number of hydrogen-bond donors (Lipinski definition) is 3. The Labute approximate surface area is 98.4 Å². The van der Waals surface area contributed by atoms with E-state index in [1.54, 1.807) is 13.0 Å². The first-order valence-corrected chi connectivity index (χ1v) is 4.92. The highest BCUT2D eigenvalue weighted by molar-refractivity contribution is 6.32. The Morgan fingerprint density at radius 1 is 1.44 bits per heavy atom. The molecule has 16 heavy (non-hydrogen) atoms. The summed E-state index contributed by atoms with van der Waals surface area (Å²) >= 11 is 6.04. The smallest absolute Gasteiger partial charge is 0.211 e. The molecule has 6 heteroatoms. The van der Waals surface area contributed by atoms with Gasteiger partial charge in [-0.05, 0) is 31.0 Å². The van der Waals surface area contributed by atoms with Crippen LogP contribution in [0.5, 0.6) is 5.75 Å². The molecule has 0 saturated heterocycles. The second-order valence-corrected chi connectivity index (χ2v) is 3.71. The van der Waals surface area contributed by atoms with Crippen LogP contribution in [0.15, 0.2) is 16.3 Å².